The van der Waals surface area contributed by atoms with Gasteiger partial charge < -0.3 is 8.83 Å². The summed E-state index contributed by atoms with van der Waals surface area (Å²) in [5.41, 5.74) is 13.7. The van der Waals surface area contributed by atoms with Gasteiger partial charge in [0.05, 0.1) is 12.4 Å². The van der Waals surface area contributed by atoms with Gasteiger partial charge in [0.2, 0.25) is 0 Å². The molecule has 3 aromatic heterocycles. The van der Waals surface area contributed by atoms with Gasteiger partial charge in [-0.25, -0.2) is 4.57 Å². The van der Waals surface area contributed by atoms with E-state index in [0.29, 0.717) is 17.8 Å². The summed E-state index contributed by atoms with van der Waals surface area (Å²) in [6.07, 6.45) is 0. The van der Waals surface area contributed by atoms with Crippen LogP contribution in [0.4, 0.5) is 0 Å². The summed E-state index contributed by atoms with van der Waals surface area (Å²) < 4.78 is 18.3. The van der Waals surface area contributed by atoms with E-state index in [1.807, 2.05) is 18.2 Å². The molecule has 0 unspecified atom stereocenters. The van der Waals surface area contributed by atoms with Crippen LogP contribution in [0.3, 0.4) is 0 Å². The molecule has 0 aliphatic heterocycles. The smallest absolute Gasteiger partial charge is 0.299 e. The summed E-state index contributed by atoms with van der Waals surface area (Å²) in [7, 11) is 2.20. The van der Waals surface area contributed by atoms with Crippen LogP contribution in [-0.2, 0) is 7.05 Å². The van der Waals surface area contributed by atoms with E-state index in [9.17, 15) is 0 Å². The number of fused-ring (bicyclic) bond motifs is 6. The zero-order chi connectivity index (χ0) is 33.4. The Hall–Kier alpha value is -5.09. The molecule has 3 heterocycles. The molecule has 0 amide bonds. The van der Waals surface area contributed by atoms with Crippen LogP contribution >= 0.6 is 0 Å². The molecule has 0 bridgehead atoms. The molecule has 0 aliphatic rings. The molecule has 0 N–H and O–H groups in total. The molecule has 8 rings (SSSR count). The maximum absolute atomic E-state index is 7.04. The molecular formula is C44H43N2O2+. The van der Waals surface area contributed by atoms with Crippen LogP contribution in [0.15, 0.2) is 106 Å². The average Bonchev–Trinajstić information content (AvgIpc) is 3.76. The number of rotatable bonds is 6. The van der Waals surface area contributed by atoms with Gasteiger partial charge in [0.25, 0.3) is 5.82 Å². The van der Waals surface area contributed by atoms with Crippen LogP contribution in [0.2, 0.25) is 0 Å². The van der Waals surface area contributed by atoms with Crippen molar-refractivity contribution < 1.29 is 13.4 Å². The lowest BCUT2D eigenvalue weighted by atomic mass is 9.87. The number of hydrogen-bond acceptors (Lipinski definition) is 2. The number of imidazole rings is 1. The third kappa shape index (κ3) is 4.53. The number of nitrogens with zero attached hydrogens (tertiary/aromatic N) is 2. The first kappa shape index (κ1) is 30.3. The molecule has 48 heavy (non-hydrogen) atoms. The molecule has 0 atom stereocenters. The Morgan fingerprint density at radius 2 is 1.27 bits per heavy atom. The minimum atomic E-state index is 0.340. The molecule has 4 nitrogen and oxygen atoms in total. The highest BCUT2D eigenvalue weighted by atomic mass is 16.3. The van der Waals surface area contributed by atoms with Crippen molar-refractivity contribution in [1.82, 2.24) is 4.57 Å². The Morgan fingerprint density at radius 1 is 0.625 bits per heavy atom. The first-order valence-corrected chi connectivity index (χ1v) is 17.3. The highest BCUT2D eigenvalue weighted by Gasteiger charge is 2.34. The fraction of sp³-hybridized carbons (Fsp3) is 0.250. The number of para-hydroxylation sites is 2. The Kier molecular flexibility index (Phi) is 7.10. The lowest BCUT2D eigenvalue weighted by Gasteiger charge is -2.21. The van der Waals surface area contributed by atoms with Gasteiger partial charge in [-0.05, 0) is 66.1 Å². The van der Waals surface area contributed by atoms with Crippen LogP contribution in [0, 0.1) is 6.92 Å². The van der Waals surface area contributed by atoms with Crippen molar-refractivity contribution in [2.24, 2.45) is 7.05 Å². The van der Waals surface area contributed by atoms with Crippen LogP contribution in [0.5, 0.6) is 0 Å². The van der Waals surface area contributed by atoms with Crippen LogP contribution in [0.1, 0.15) is 81.5 Å². The predicted molar refractivity (Wildman–Crippen MR) is 199 cm³/mol. The summed E-state index contributed by atoms with van der Waals surface area (Å²) in [5.74, 6) is 3.08. The van der Waals surface area contributed by atoms with E-state index in [4.69, 9.17) is 8.83 Å². The van der Waals surface area contributed by atoms with E-state index in [1.54, 1.807) is 0 Å². The second-order valence-electron chi connectivity index (χ2n) is 14.3. The van der Waals surface area contributed by atoms with Gasteiger partial charge in [-0.1, -0.05) is 108 Å². The summed E-state index contributed by atoms with van der Waals surface area (Å²) in [5, 5.41) is 3.19. The molecule has 8 aromatic rings. The predicted octanol–water partition coefficient (Wildman–Crippen LogP) is 12.1. The lowest BCUT2D eigenvalue weighted by molar-refractivity contribution is -0.633. The Morgan fingerprint density at radius 3 is 1.96 bits per heavy atom. The summed E-state index contributed by atoms with van der Waals surface area (Å²) in [4.78, 5) is 0. The second-order valence-corrected chi connectivity index (χ2v) is 14.3. The van der Waals surface area contributed by atoms with E-state index in [0.717, 1.165) is 55.6 Å². The van der Waals surface area contributed by atoms with E-state index >= 15 is 0 Å². The average molecular weight is 632 g/mol. The van der Waals surface area contributed by atoms with Crippen molar-refractivity contribution >= 4 is 43.9 Å². The summed E-state index contributed by atoms with van der Waals surface area (Å²) in [6.45, 7) is 16.1. The Bertz CT molecular complexity index is 2470. The highest BCUT2D eigenvalue weighted by molar-refractivity contribution is 6.17. The van der Waals surface area contributed by atoms with Crippen molar-refractivity contribution in [3.05, 3.63) is 119 Å². The summed E-state index contributed by atoms with van der Waals surface area (Å²) in [6, 6.07) is 34.8. The maximum Gasteiger partial charge on any atom is 0.299 e. The molecule has 4 heteroatoms. The molecule has 0 saturated carbocycles. The maximum atomic E-state index is 7.04. The topological polar surface area (TPSA) is 35.1 Å². The van der Waals surface area contributed by atoms with Gasteiger partial charge in [-0.2, -0.15) is 4.57 Å². The number of hydrogen-bond donors (Lipinski definition) is 0. The number of aryl methyl sites for hydroxylation is 2. The normalized spacial score (nSPS) is 12.3. The van der Waals surface area contributed by atoms with E-state index in [-0.39, 0.29) is 0 Å². The molecule has 0 aliphatic carbocycles. The first-order chi connectivity index (χ1) is 23.1. The zero-order valence-corrected chi connectivity index (χ0v) is 29.2. The molecule has 0 fully saturated rings. The monoisotopic (exact) mass is 631 g/mol. The first-order valence-electron chi connectivity index (χ1n) is 17.3. The Balaban J connectivity index is 1.49. The fourth-order valence-electron chi connectivity index (χ4n) is 7.53. The standard InChI is InChI=1S/C44H43N2O2/c1-25(2)30-22-33(26(3)4)41(34(23-30)27(5)6)46-37-17-13-12-16-36(37)45(8)44(46)40-28(7)18-19-32-31-20-21-38-35(42(31)48-43(32)40)24-39(47-38)29-14-10-9-11-15-29/h9-27H,1-8H3/q+1. The zero-order valence-electron chi connectivity index (χ0n) is 29.2. The quantitative estimate of drug-likeness (QED) is 0.171. The van der Waals surface area contributed by atoms with Gasteiger partial charge in [0.1, 0.15) is 28.2 Å². The van der Waals surface area contributed by atoms with E-state index < -0.39 is 0 Å². The Labute approximate surface area is 282 Å². The molecule has 0 radical (unpaired) electrons. The minimum Gasteiger partial charge on any atom is -0.456 e. The van der Waals surface area contributed by atoms with Gasteiger partial charge in [-0.3, -0.25) is 0 Å². The number of furan rings is 2. The van der Waals surface area contributed by atoms with Gasteiger partial charge in [-0.15, -0.1) is 0 Å². The highest BCUT2D eigenvalue weighted by Crippen LogP contribution is 2.44. The molecular weight excluding hydrogens is 588 g/mol. The SMILES string of the molecule is Cc1ccc2c(oc3c4cc(-c5ccccc5)oc4ccc23)c1-c1n(-c2c(C(C)C)cc(C(C)C)cc2C(C)C)c2ccccc2[n+]1C. The van der Waals surface area contributed by atoms with Crippen LogP contribution < -0.4 is 4.57 Å². The summed E-state index contributed by atoms with van der Waals surface area (Å²) >= 11 is 0. The third-order valence-electron chi connectivity index (χ3n) is 10.1. The van der Waals surface area contributed by atoms with Crippen LogP contribution in [0.25, 0.3) is 72.3 Å². The van der Waals surface area contributed by atoms with Crippen molar-refractivity contribution in [2.75, 3.05) is 0 Å². The second kappa shape index (κ2) is 11.3. The molecule has 0 spiro atoms. The third-order valence-corrected chi connectivity index (χ3v) is 10.1. The van der Waals surface area contributed by atoms with E-state index in [1.165, 1.54) is 39.0 Å². The number of aromatic nitrogens is 2. The lowest BCUT2D eigenvalue weighted by Crippen LogP contribution is -2.30. The number of benzene rings is 5. The van der Waals surface area contributed by atoms with Crippen molar-refractivity contribution in [2.45, 2.75) is 66.2 Å². The van der Waals surface area contributed by atoms with Crippen molar-refractivity contribution in [1.29, 1.82) is 0 Å². The molecule has 5 aromatic carbocycles. The van der Waals surface area contributed by atoms with Crippen LogP contribution in [-0.4, -0.2) is 4.57 Å². The van der Waals surface area contributed by atoms with Gasteiger partial charge in [0, 0.05) is 27.5 Å². The van der Waals surface area contributed by atoms with Crippen molar-refractivity contribution in [3.8, 4) is 28.4 Å². The minimum absolute atomic E-state index is 0.340. The largest absolute Gasteiger partial charge is 0.456 e. The molecule has 240 valence electrons. The van der Waals surface area contributed by atoms with E-state index in [2.05, 4.69) is 144 Å². The van der Waals surface area contributed by atoms with Crippen molar-refractivity contribution in [3.63, 3.8) is 0 Å². The fourth-order valence-corrected chi connectivity index (χ4v) is 7.53. The molecule has 0 saturated heterocycles. The van der Waals surface area contributed by atoms with Gasteiger partial charge in [0.15, 0.2) is 16.6 Å². The van der Waals surface area contributed by atoms with Gasteiger partial charge >= 0.3 is 0 Å².